The molecule has 2 atom stereocenters. The Bertz CT molecular complexity index is 318. The Morgan fingerprint density at radius 1 is 1.19 bits per heavy atom. The summed E-state index contributed by atoms with van der Waals surface area (Å²) in [6.07, 6.45) is 4.30. The maximum atomic E-state index is 12.7. The van der Waals surface area contributed by atoms with E-state index in [0.717, 1.165) is 32.5 Å². The van der Waals surface area contributed by atoms with Crippen LogP contribution in [0.25, 0.3) is 0 Å². The van der Waals surface area contributed by atoms with Crippen LogP contribution in [0.4, 0.5) is 0 Å². The third-order valence-corrected chi connectivity index (χ3v) is 4.68. The lowest BCUT2D eigenvalue weighted by Crippen LogP contribution is -2.53. The lowest BCUT2D eigenvalue weighted by Gasteiger charge is -2.40. The van der Waals surface area contributed by atoms with Gasteiger partial charge in [-0.2, -0.15) is 0 Å². The molecule has 3 nitrogen and oxygen atoms in total. The number of nitrogens with one attached hydrogen (secondary N) is 1. The van der Waals surface area contributed by atoms with E-state index in [9.17, 15) is 4.79 Å². The minimum absolute atomic E-state index is 0.212. The summed E-state index contributed by atoms with van der Waals surface area (Å²) in [4.78, 5) is 14.8. The van der Waals surface area contributed by atoms with Crippen molar-refractivity contribution in [1.82, 2.24) is 10.2 Å². The van der Waals surface area contributed by atoms with Crippen molar-refractivity contribution >= 4 is 5.91 Å². The van der Waals surface area contributed by atoms with Gasteiger partial charge in [0, 0.05) is 31.6 Å². The average Bonchev–Trinajstić information content (AvgIpc) is 2.45. The van der Waals surface area contributed by atoms with Crippen LogP contribution in [0.1, 0.15) is 67.2 Å². The summed E-state index contributed by atoms with van der Waals surface area (Å²) in [5.74, 6) is 1.24. The fourth-order valence-electron chi connectivity index (χ4n) is 3.17. The normalized spacial score (nSPS) is 23.7. The van der Waals surface area contributed by atoms with Crippen LogP contribution < -0.4 is 5.32 Å². The predicted molar refractivity (Wildman–Crippen MR) is 90.3 cm³/mol. The number of amides is 1. The van der Waals surface area contributed by atoms with Crippen LogP contribution in [0.2, 0.25) is 0 Å². The van der Waals surface area contributed by atoms with Crippen molar-refractivity contribution in [1.29, 1.82) is 0 Å². The fourth-order valence-corrected chi connectivity index (χ4v) is 3.17. The summed E-state index contributed by atoms with van der Waals surface area (Å²) in [6, 6.07) is 0.459. The first-order chi connectivity index (χ1) is 9.80. The molecule has 0 spiro atoms. The molecule has 1 amide bonds. The van der Waals surface area contributed by atoms with Crippen molar-refractivity contribution < 1.29 is 4.79 Å². The maximum absolute atomic E-state index is 12.7. The van der Waals surface area contributed by atoms with Gasteiger partial charge in [-0.15, -0.1) is 0 Å². The minimum atomic E-state index is 0.212. The highest BCUT2D eigenvalue weighted by Crippen LogP contribution is 2.23. The van der Waals surface area contributed by atoms with E-state index < -0.39 is 0 Å². The van der Waals surface area contributed by atoms with Crippen LogP contribution in [0.3, 0.4) is 0 Å². The number of rotatable bonds is 6. The molecule has 3 heteroatoms. The van der Waals surface area contributed by atoms with Gasteiger partial charge in [0.2, 0.25) is 5.91 Å². The van der Waals surface area contributed by atoms with Crippen LogP contribution in [0.15, 0.2) is 0 Å². The van der Waals surface area contributed by atoms with E-state index in [0.29, 0.717) is 23.3 Å². The summed E-state index contributed by atoms with van der Waals surface area (Å²) in [6.45, 7) is 16.1. The van der Waals surface area contributed by atoms with Crippen molar-refractivity contribution in [3.8, 4) is 0 Å². The molecular formula is C18H36N2O. The second kappa shape index (κ2) is 8.17. The topological polar surface area (TPSA) is 32.3 Å². The highest BCUT2D eigenvalue weighted by molar-refractivity contribution is 5.78. The highest BCUT2D eigenvalue weighted by Gasteiger charge is 2.31. The Hall–Kier alpha value is -0.570. The highest BCUT2D eigenvalue weighted by atomic mass is 16.2. The second-order valence-electron chi connectivity index (χ2n) is 7.91. The number of carbonyl (C=O) groups is 1. The molecule has 0 radical (unpaired) electrons. The van der Waals surface area contributed by atoms with Gasteiger partial charge in [-0.1, -0.05) is 48.0 Å². The molecule has 1 saturated heterocycles. The van der Waals surface area contributed by atoms with Gasteiger partial charge >= 0.3 is 0 Å². The first kappa shape index (κ1) is 18.5. The Labute approximate surface area is 131 Å². The zero-order valence-electron chi connectivity index (χ0n) is 15.0. The first-order valence-corrected chi connectivity index (χ1v) is 8.82. The van der Waals surface area contributed by atoms with Gasteiger partial charge in [0.1, 0.15) is 0 Å². The molecule has 0 aliphatic carbocycles. The van der Waals surface area contributed by atoms with Crippen molar-refractivity contribution in [2.24, 2.45) is 17.3 Å². The largest absolute Gasteiger partial charge is 0.341 e. The predicted octanol–water partition coefficient (Wildman–Crippen LogP) is 3.69. The lowest BCUT2D eigenvalue weighted by atomic mass is 9.89. The van der Waals surface area contributed by atoms with Crippen molar-refractivity contribution in [2.75, 3.05) is 19.6 Å². The van der Waals surface area contributed by atoms with Gasteiger partial charge in [0.05, 0.1) is 0 Å². The smallest absolute Gasteiger partial charge is 0.225 e. The quantitative estimate of drug-likeness (QED) is 0.811. The van der Waals surface area contributed by atoms with E-state index in [1.807, 2.05) is 0 Å². The standard InChI is InChI=1S/C18H36N2O/c1-7-14-10-16(19-13-18(4,5)6)12-20(11-14)17(21)15(8-2)9-3/h14-16,19H,7-13H2,1-6H3. The number of nitrogens with zero attached hydrogens (tertiary/aromatic N) is 1. The Kier molecular flexibility index (Phi) is 7.19. The molecule has 0 aromatic rings. The number of hydrogen-bond donors (Lipinski definition) is 1. The van der Waals surface area contributed by atoms with Gasteiger partial charge in [-0.05, 0) is 30.6 Å². The first-order valence-electron chi connectivity index (χ1n) is 8.82. The molecule has 2 unspecified atom stereocenters. The molecule has 1 N–H and O–H groups in total. The third-order valence-electron chi connectivity index (χ3n) is 4.68. The lowest BCUT2D eigenvalue weighted by molar-refractivity contribution is -0.138. The summed E-state index contributed by atoms with van der Waals surface area (Å²) in [5.41, 5.74) is 0.295. The van der Waals surface area contributed by atoms with Gasteiger partial charge in [0.15, 0.2) is 0 Å². The van der Waals surface area contributed by atoms with E-state index in [2.05, 4.69) is 51.8 Å². The molecule has 0 aromatic carbocycles. The summed E-state index contributed by atoms with van der Waals surface area (Å²) < 4.78 is 0. The van der Waals surface area contributed by atoms with Crippen molar-refractivity contribution in [3.05, 3.63) is 0 Å². The van der Waals surface area contributed by atoms with E-state index in [1.54, 1.807) is 0 Å². The zero-order chi connectivity index (χ0) is 16.0. The Morgan fingerprint density at radius 2 is 1.81 bits per heavy atom. The van der Waals surface area contributed by atoms with Crippen LogP contribution in [-0.2, 0) is 4.79 Å². The minimum Gasteiger partial charge on any atom is -0.341 e. The number of hydrogen-bond acceptors (Lipinski definition) is 2. The molecule has 21 heavy (non-hydrogen) atoms. The molecule has 1 aliphatic rings. The van der Waals surface area contributed by atoms with Gasteiger partial charge in [0.25, 0.3) is 0 Å². The van der Waals surface area contributed by atoms with Crippen LogP contribution in [0.5, 0.6) is 0 Å². The van der Waals surface area contributed by atoms with E-state index >= 15 is 0 Å². The molecule has 0 bridgehead atoms. The molecular weight excluding hydrogens is 260 g/mol. The van der Waals surface area contributed by atoms with Crippen LogP contribution >= 0.6 is 0 Å². The summed E-state index contributed by atoms with van der Waals surface area (Å²) in [7, 11) is 0. The van der Waals surface area contributed by atoms with Gasteiger partial charge in [-0.3, -0.25) is 4.79 Å². The Morgan fingerprint density at radius 3 is 2.29 bits per heavy atom. The van der Waals surface area contributed by atoms with E-state index in [-0.39, 0.29) is 5.92 Å². The molecule has 1 fully saturated rings. The summed E-state index contributed by atoms with van der Waals surface area (Å²) in [5, 5.41) is 3.69. The second-order valence-corrected chi connectivity index (χ2v) is 7.91. The molecule has 124 valence electrons. The zero-order valence-corrected chi connectivity index (χ0v) is 15.0. The average molecular weight is 296 g/mol. The fraction of sp³-hybridized carbons (Fsp3) is 0.944. The Balaban J connectivity index is 2.66. The third kappa shape index (κ3) is 5.98. The summed E-state index contributed by atoms with van der Waals surface area (Å²) >= 11 is 0. The molecule has 1 heterocycles. The number of likely N-dealkylation sites (tertiary alicyclic amines) is 1. The molecule has 1 rings (SSSR count). The number of piperidine rings is 1. The van der Waals surface area contributed by atoms with E-state index in [4.69, 9.17) is 0 Å². The molecule has 0 saturated carbocycles. The van der Waals surface area contributed by atoms with E-state index in [1.165, 1.54) is 12.8 Å². The number of carbonyl (C=O) groups excluding carboxylic acids is 1. The van der Waals surface area contributed by atoms with Crippen molar-refractivity contribution in [2.45, 2.75) is 73.3 Å². The monoisotopic (exact) mass is 296 g/mol. The SMILES string of the molecule is CCC1CC(NCC(C)(C)C)CN(C(=O)C(CC)CC)C1. The molecule has 0 aromatic heterocycles. The van der Waals surface area contributed by atoms with Gasteiger partial charge in [-0.25, -0.2) is 0 Å². The van der Waals surface area contributed by atoms with Crippen LogP contribution in [0, 0.1) is 17.3 Å². The molecule has 1 aliphatic heterocycles. The van der Waals surface area contributed by atoms with Gasteiger partial charge < -0.3 is 10.2 Å². The van der Waals surface area contributed by atoms with Crippen molar-refractivity contribution in [3.63, 3.8) is 0 Å². The maximum Gasteiger partial charge on any atom is 0.225 e. The van der Waals surface area contributed by atoms with Crippen LogP contribution in [-0.4, -0.2) is 36.5 Å².